The Bertz CT molecular complexity index is 520. The molecule has 0 saturated carbocycles. The third-order valence-electron chi connectivity index (χ3n) is 2.76. The van der Waals surface area contributed by atoms with Crippen molar-refractivity contribution in [3.8, 4) is 0 Å². The zero-order valence-corrected chi connectivity index (χ0v) is 11.9. The van der Waals surface area contributed by atoms with E-state index in [2.05, 4.69) is 5.32 Å². The number of benzene rings is 1. The highest BCUT2D eigenvalue weighted by molar-refractivity contribution is 7.08. The fraction of sp³-hybridized carbons (Fsp3) is 0.267. The lowest BCUT2D eigenvalue weighted by Gasteiger charge is -2.17. The summed E-state index contributed by atoms with van der Waals surface area (Å²) in [6.45, 7) is 4.23. The molecular weight excluding hydrogens is 258 g/mol. The van der Waals surface area contributed by atoms with E-state index in [1.54, 1.807) is 11.3 Å². The lowest BCUT2D eigenvalue weighted by atomic mass is 10.1. The first-order valence-electron chi connectivity index (χ1n) is 6.22. The Hall–Kier alpha value is -1.81. The zero-order chi connectivity index (χ0) is 13.7. The standard InChI is InChI=1S/C15H17NO2S/c1-3-18-15(17)14(12-8-9-19-10-12)16-13-6-4-11(2)5-7-13/h4-10,14,16H,3H2,1-2H3. The molecule has 0 saturated heterocycles. The fourth-order valence-electron chi connectivity index (χ4n) is 1.76. The van der Waals surface area contributed by atoms with Gasteiger partial charge in [-0.25, -0.2) is 4.79 Å². The summed E-state index contributed by atoms with van der Waals surface area (Å²) in [5.74, 6) is -0.249. The van der Waals surface area contributed by atoms with Gasteiger partial charge in [-0.2, -0.15) is 11.3 Å². The minimum absolute atomic E-state index is 0.249. The van der Waals surface area contributed by atoms with Crippen LogP contribution < -0.4 is 5.32 Å². The van der Waals surface area contributed by atoms with Crippen LogP contribution in [0.25, 0.3) is 0 Å². The molecule has 2 aromatic rings. The van der Waals surface area contributed by atoms with Gasteiger partial charge < -0.3 is 10.1 Å². The second kappa shape index (κ2) is 6.38. The number of carbonyl (C=O) groups excluding carboxylic acids is 1. The molecule has 0 bridgehead atoms. The van der Waals surface area contributed by atoms with Crippen LogP contribution in [-0.2, 0) is 9.53 Å². The molecule has 100 valence electrons. The molecule has 0 aliphatic carbocycles. The van der Waals surface area contributed by atoms with Gasteiger partial charge in [0.2, 0.25) is 0 Å². The molecule has 1 heterocycles. The predicted octanol–water partition coefficient (Wildman–Crippen LogP) is 3.77. The number of anilines is 1. The molecule has 1 aromatic carbocycles. The average molecular weight is 275 g/mol. The van der Waals surface area contributed by atoms with E-state index in [4.69, 9.17) is 4.74 Å². The molecule has 0 amide bonds. The number of ether oxygens (including phenoxy) is 1. The summed E-state index contributed by atoms with van der Waals surface area (Å²) in [5.41, 5.74) is 3.03. The van der Waals surface area contributed by atoms with Crippen LogP contribution in [0.1, 0.15) is 24.1 Å². The Labute approximate surface area is 117 Å². The van der Waals surface area contributed by atoms with Crippen molar-refractivity contribution >= 4 is 23.0 Å². The molecule has 2 rings (SSSR count). The highest BCUT2D eigenvalue weighted by Crippen LogP contribution is 2.23. The number of nitrogens with one attached hydrogen (secondary N) is 1. The van der Waals surface area contributed by atoms with Crippen molar-refractivity contribution in [3.63, 3.8) is 0 Å². The van der Waals surface area contributed by atoms with Gasteiger partial charge in [-0.1, -0.05) is 17.7 Å². The Balaban J connectivity index is 2.18. The van der Waals surface area contributed by atoms with E-state index in [1.807, 2.05) is 54.9 Å². The number of rotatable bonds is 5. The van der Waals surface area contributed by atoms with Crippen molar-refractivity contribution in [1.29, 1.82) is 0 Å². The minimum atomic E-state index is -0.450. The zero-order valence-electron chi connectivity index (χ0n) is 11.1. The topological polar surface area (TPSA) is 38.3 Å². The lowest BCUT2D eigenvalue weighted by molar-refractivity contribution is -0.144. The van der Waals surface area contributed by atoms with Crippen molar-refractivity contribution < 1.29 is 9.53 Å². The molecule has 0 radical (unpaired) electrons. The van der Waals surface area contributed by atoms with E-state index < -0.39 is 6.04 Å². The number of esters is 1. The highest BCUT2D eigenvalue weighted by Gasteiger charge is 2.22. The summed E-state index contributed by atoms with van der Waals surface area (Å²) in [4.78, 5) is 12.0. The molecular formula is C15H17NO2S. The van der Waals surface area contributed by atoms with Crippen LogP contribution >= 0.6 is 11.3 Å². The van der Waals surface area contributed by atoms with E-state index in [0.717, 1.165) is 11.3 Å². The summed E-state index contributed by atoms with van der Waals surface area (Å²) >= 11 is 1.57. The quantitative estimate of drug-likeness (QED) is 0.844. The molecule has 4 heteroatoms. The van der Waals surface area contributed by atoms with Gasteiger partial charge in [0.15, 0.2) is 6.04 Å². The van der Waals surface area contributed by atoms with Crippen molar-refractivity contribution in [2.24, 2.45) is 0 Å². The molecule has 0 aliphatic heterocycles. The van der Waals surface area contributed by atoms with Gasteiger partial charge in [-0.3, -0.25) is 0 Å². The maximum atomic E-state index is 12.0. The summed E-state index contributed by atoms with van der Waals surface area (Å²) in [6.07, 6.45) is 0. The smallest absolute Gasteiger partial charge is 0.333 e. The van der Waals surface area contributed by atoms with Gasteiger partial charge in [0.1, 0.15) is 0 Å². The van der Waals surface area contributed by atoms with Crippen LogP contribution in [0.3, 0.4) is 0 Å². The second-order valence-electron chi connectivity index (χ2n) is 4.25. The molecule has 3 nitrogen and oxygen atoms in total. The third kappa shape index (κ3) is 3.58. The van der Waals surface area contributed by atoms with Gasteiger partial charge in [0.05, 0.1) is 6.61 Å². The first kappa shape index (κ1) is 13.6. The number of aryl methyl sites for hydroxylation is 1. The average Bonchev–Trinajstić information content (AvgIpc) is 2.92. The maximum absolute atomic E-state index is 12.0. The fourth-order valence-corrected chi connectivity index (χ4v) is 2.45. The first-order valence-corrected chi connectivity index (χ1v) is 7.17. The Kier molecular flexibility index (Phi) is 4.58. The molecule has 1 aromatic heterocycles. The van der Waals surface area contributed by atoms with Crippen molar-refractivity contribution in [3.05, 3.63) is 52.2 Å². The third-order valence-corrected chi connectivity index (χ3v) is 3.46. The summed E-state index contributed by atoms with van der Waals surface area (Å²) in [6, 6.07) is 9.44. The SMILES string of the molecule is CCOC(=O)C(Nc1ccc(C)cc1)c1ccsc1. The van der Waals surface area contributed by atoms with Gasteiger partial charge in [0, 0.05) is 5.69 Å². The second-order valence-corrected chi connectivity index (χ2v) is 5.03. The molecule has 1 N–H and O–H groups in total. The lowest BCUT2D eigenvalue weighted by Crippen LogP contribution is -2.22. The largest absolute Gasteiger partial charge is 0.464 e. The maximum Gasteiger partial charge on any atom is 0.333 e. The number of hydrogen-bond acceptors (Lipinski definition) is 4. The minimum Gasteiger partial charge on any atom is -0.464 e. The van der Waals surface area contributed by atoms with E-state index in [-0.39, 0.29) is 5.97 Å². The van der Waals surface area contributed by atoms with Gasteiger partial charge >= 0.3 is 5.97 Å². The number of hydrogen-bond donors (Lipinski definition) is 1. The first-order chi connectivity index (χ1) is 9.20. The molecule has 0 spiro atoms. The van der Waals surface area contributed by atoms with E-state index in [1.165, 1.54) is 5.56 Å². The van der Waals surface area contributed by atoms with Crippen molar-refractivity contribution in [1.82, 2.24) is 0 Å². The van der Waals surface area contributed by atoms with Crippen LogP contribution in [0.2, 0.25) is 0 Å². The summed E-state index contributed by atoms with van der Waals surface area (Å²) in [7, 11) is 0. The van der Waals surface area contributed by atoms with Crippen molar-refractivity contribution in [2.75, 3.05) is 11.9 Å². The summed E-state index contributed by atoms with van der Waals surface area (Å²) in [5, 5.41) is 7.14. The van der Waals surface area contributed by atoms with Gasteiger partial charge in [-0.05, 0) is 48.4 Å². The normalized spacial score (nSPS) is 11.9. The van der Waals surface area contributed by atoms with Crippen molar-refractivity contribution in [2.45, 2.75) is 19.9 Å². The molecule has 1 atom stereocenters. The van der Waals surface area contributed by atoms with Crippen LogP contribution in [0.15, 0.2) is 41.1 Å². The number of thiophene rings is 1. The monoisotopic (exact) mass is 275 g/mol. The predicted molar refractivity (Wildman–Crippen MR) is 78.5 cm³/mol. The highest BCUT2D eigenvalue weighted by atomic mass is 32.1. The molecule has 1 unspecified atom stereocenters. The summed E-state index contributed by atoms with van der Waals surface area (Å²) < 4.78 is 5.13. The van der Waals surface area contributed by atoms with E-state index >= 15 is 0 Å². The molecule has 0 fully saturated rings. The molecule has 19 heavy (non-hydrogen) atoms. The van der Waals surface area contributed by atoms with Crippen LogP contribution in [0.4, 0.5) is 5.69 Å². The van der Waals surface area contributed by atoms with Crippen LogP contribution in [0.5, 0.6) is 0 Å². The Morgan fingerprint density at radius 3 is 2.63 bits per heavy atom. The van der Waals surface area contributed by atoms with E-state index in [0.29, 0.717) is 6.61 Å². The number of carbonyl (C=O) groups is 1. The van der Waals surface area contributed by atoms with Gasteiger partial charge in [0.25, 0.3) is 0 Å². The van der Waals surface area contributed by atoms with E-state index in [9.17, 15) is 4.79 Å². The van der Waals surface area contributed by atoms with Gasteiger partial charge in [-0.15, -0.1) is 0 Å². The van der Waals surface area contributed by atoms with Crippen LogP contribution in [-0.4, -0.2) is 12.6 Å². The Morgan fingerprint density at radius 1 is 1.32 bits per heavy atom. The molecule has 0 aliphatic rings. The van der Waals surface area contributed by atoms with Crippen LogP contribution in [0, 0.1) is 6.92 Å². The Morgan fingerprint density at radius 2 is 2.05 bits per heavy atom.